The fourth-order valence-corrected chi connectivity index (χ4v) is 1.79. The maximum atomic E-state index is 5.82. The van der Waals surface area contributed by atoms with E-state index in [1.165, 1.54) is 5.56 Å². The van der Waals surface area contributed by atoms with Crippen LogP contribution >= 0.6 is 0 Å². The van der Waals surface area contributed by atoms with E-state index in [2.05, 4.69) is 30.3 Å². The highest BCUT2D eigenvalue weighted by atomic mass is 16.3. The third-order valence-corrected chi connectivity index (χ3v) is 2.84. The fraction of sp³-hybridized carbons (Fsp3) is 0.462. The summed E-state index contributed by atoms with van der Waals surface area (Å²) in [6.07, 6.45) is 1.81. The van der Waals surface area contributed by atoms with Gasteiger partial charge in [-0.05, 0) is 38.1 Å². The summed E-state index contributed by atoms with van der Waals surface area (Å²) in [5.74, 6) is 1.98. The minimum Gasteiger partial charge on any atom is -0.462 e. The second kappa shape index (κ2) is 5.19. The normalized spacial score (nSPS) is 11.0. The number of rotatable bonds is 5. The molecule has 0 aromatic carbocycles. The molecule has 2 aromatic rings. The molecule has 0 radical (unpaired) electrons. The number of nitrogens with one attached hydrogen (secondary N) is 1. The van der Waals surface area contributed by atoms with Crippen LogP contribution < -0.4 is 5.32 Å². The van der Waals surface area contributed by atoms with Gasteiger partial charge in [-0.1, -0.05) is 6.92 Å². The molecule has 1 N–H and O–H groups in total. The molecule has 17 heavy (non-hydrogen) atoms. The van der Waals surface area contributed by atoms with E-state index < -0.39 is 0 Å². The first-order valence-electron chi connectivity index (χ1n) is 5.98. The quantitative estimate of drug-likeness (QED) is 0.861. The van der Waals surface area contributed by atoms with Gasteiger partial charge in [-0.15, -0.1) is 0 Å². The molecule has 4 heteroatoms. The highest BCUT2D eigenvalue weighted by molar-refractivity contribution is 5.20. The summed E-state index contributed by atoms with van der Waals surface area (Å²) in [7, 11) is 0. The molecule has 2 heterocycles. The van der Waals surface area contributed by atoms with Crippen molar-refractivity contribution < 1.29 is 4.42 Å². The Balaban J connectivity index is 2.09. The summed E-state index contributed by atoms with van der Waals surface area (Å²) in [6.45, 7) is 8.66. The van der Waals surface area contributed by atoms with Crippen molar-refractivity contribution in [3.05, 3.63) is 41.1 Å². The summed E-state index contributed by atoms with van der Waals surface area (Å²) in [5.41, 5.74) is 2.35. The Kier molecular flexibility index (Phi) is 3.64. The number of nitrogens with zero attached hydrogens (tertiary/aromatic N) is 2. The zero-order valence-corrected chi connectivity index (χ0v) is 10.7. The zero-order chi connectivity index (χ0) is 12.3. The van der Waals surface area contributed by atoms with E-state index in [0.29, 0.717) is 6.54 Å². The van der Waals surface area contributed by atoms with Crippen LogP contribution in [0.3, 0.4) is 0 Å². The molecule has 0 aliphatic carbocycles. The van der Waals surface area contributed by atoms with Gasteiger partial charge in [-0.2, -0.15) is 5.10 Å². The van der Waals surface area contributed by atoms with Crippen molar-refractivity contribution >= 4 is 0 Å². The third-order valence-electron chi connectivity index (χ3n) is 2.84. The molecule has 0 saturated heterocycles. The molecule has 0 atom stereocenters. The van der Waals surface area contributed by atoms with Crippen LogP contribution in [0, 0.1) is 13.8 Å². The van der Waals surface area contributed by atoms with E-state index >= 15 is 0 Å². The highest BCUT2D eigenvalue weighted by Crippen LogP contribution is 2.15. The number of hydrogen-bond donors (Lipinski definition) is 1. The average molecular weight is 233 g/mol. The molecule has 0 aliphatic heterocycles. The van der Waals surface area contributed by atoms with E-state index in [1.807, 2.05) is 23.9 Å². The van der Waals surface area contributed by atoms with E-state index in [0.717, 1.165) is 30.3 Å². The summed E-state index contributed by atoms with van der Waals surface area (Å²) in [6, 6.07) is 4.09. The molecular weight excluding hydrogens is 214 g/mol. The molecule has 0 amide bonds. The largest absolute Gasteiger partial charge is 0.462 e. The summed E-state index contributed by atoms with van der Waals surface area (Å²) in [4.78, 5) is 0. The first-order valence-corrected chi connectivity index (χ1v) is 5.98. The Labute approximate surface area is 102 Å². The lowest BCUT2D eigenvalue weighted by Gasteiger charge is -2.01. The number of furan rings is 1. The summed E-state index contributed by atoms with van der Waals surface area (Å²) < 4.78 is 7.76. The molecule has 2 aromatic heterocycles. The maximum Gasteiger partial charge on any atom is 0.126 e. The van der Waals surface area contributed by atoms with Gasteiger partial charge in [0.2, 0.25) is 0 Å². The van der Waals surface area contributed by atoms with Crippen molar-refractivity contribution in [1.82, 2.24) is 15.1 Å². The molecule has 4 nitrogen and oxygen atoms in total. The Morgan fingerprint density at radius 1 is 1.41 bits per heavy atom. The minimum absolute atomic E-state index is 0.700. The van der Waals surface area contributed by atoms with Gasteiger partial charge in [0, 0.05) is 11.9 Å². The van der Waals surface area contributed by atoms with Crippen LogP contribution in [0.25, 0.3) is 0 Å². The standard InChI is InChI=1S/C13H19N3O/c1-4-14-8-13-10(2)7-12(17-13)9-16-11(3)5-6-15-16/h5-7,14H,4,8-9H2,1-3H3. The molecule has 0 saturated carbocycles. The van der Waals surface area contributed by atoms with Gasteiger partial charge in [0.05, 0.1) is 13.1 Å². The molecule has 0 bridgehead atoms. The van der Waals surface area contributed by atoms with Crippen molar-refractivity contribution in [2.24, 2.45) is 0 Å². The van der Waals surface area contributed by atoms with E-state index in [-0.39, 0.29) is 0 Å². The van der Waals surface area contributed by atoms with Crippen molar-refractivity contribution in [1.29, 1.82) is 0 Å². The first-order chi connectivity index (χ1) is 8.20. The van der Waals surface area contributed by atoms with Crippen LogP contribution in [0.2, 0.25) is 0 Å². The number of hydrogen-bond acceptors (Lipinski definition) is 3. The van der Waals surface area contributed by atoms with Crippen molar-refractivity contribution in [2.45, 2.75) is 33.9 Å². The van der Waals surface area contributed by atoms with Gasteiger partial charge in [-0.3, -0.25) is 4.68 Å². The average Bonchev–Trinajstić information content (AvgIpc) is 2.84. The second-order valence-corrected chi connectivity index (χ2v) is 4.23. The second-order valence-electron chi connectivity index (χ2n) is 4.23. The molecule has 0 spiro atoms. The fourth-order valence-electron chi connectivity index (χ4n) is 1.79. The number of aromatic nitrogens is 2. The molecule has 2 rings (SSSR count). The van der Waals surface area contributed by atoms with Crippen molar-refractivity contribution in [3.8, 4) is 0 Å². The molecule has 92 valence electrons. The van der Waals surface area contributed by atoms with Crippen molar-refractivity contribution in [3.63, 3.8) is 0 Å². The van der Waals surface area contributed by atoms with E-state index in [1.54, 1.807) is 0 Å². The first kappa shape index (κ1) is 11.9. The Bertz CT molecular complexity index is 485. The van der Waals surface area contributed by atoms with Crippen molar-refractivity contribution in [2.75, 3.05) is 6.54 Å². The smallest absolute Gasteiger partial charge is 0.126 e. The van der Waals surface area contributed by atoms with Gasteiger partial charge in [0.25, 0.3) is 0 Å². The van der Waals surface area contributed by atoms with Crippen LogP contribution in [0.5, 0.6) is 0 Å². The van der Waals surface area contributed by atoms with E-state index in [4.69, 9.17) is 4.42 Å². The van der Waals surface area contributed by atoms with Gasteiger partial charge < -0.3 is 9.73 Å². The SMILES string of the molecule is CCNCc1oc(Cn2nccc2C)cc1C. The topological polar surface area (TPSA) is 43.0 Å². The van der Waals surface area contributed by atoms with Crippen LogP contribution in [0.15, 0.2) is 22.7 Å². The third kappa shape index (κ3) is 2.77. The molecule has 0 unspecified atom stereocenters. The van der Waals surface area contributed by atoms with Crippen LogP contribution in [-0.4, -0.2) is 16.3 Å². The van der Waals surface area contributed by atoms with Crippen LogP contribution in [-0.2, 0) is 13.1 Å². The summed E-state index contributed by atoms with van der Waals surface area (Å²) >= 11 is 0. The Morgan fingerprint density at radius 2 is 2.24 bits per heavy atom. The minimum atomic E-state index is 0.700. The van der Waals surface area contributed by atoms with Gasteiger partial charge in [0.1, 0.15) is 11.5 Å². The van der Waals surface area contributed by atoms with Crippen LogP contribution in [0.1, 0.15) is 29.7 Å². The Morgan fingerprint density at radius 3 is 2.88 bits per heavy atom. The molecule has 0 fully saturated rings. The summed E-state index contributed by atoms with van der Waals surface area (Å²) in [5, 5.41) is 7.53. The zero-order valence-electron chi connectivity index (χ0n) is 10.7. The monoisotopic (exact) mass is 233 g/mol. The van der Waals surface area contributed by atoms with Gasteiger partial charge in [-0.25, -0.2) is 0 Å². The molecule has 0 aliphatic rings. The number of aryl methyl sites for hydroxylation is 2. The predicted octanol–water partition coefficient (Wildman–Crippen LogP) is 2.25. The lowest BCUT2D eigenvalue weighted by molar-refractivity contribution is 0.429. The van der Waals surface area contributed by atoms with Crippen LogP contribution in [0.4, 0.5) is 0 Å². The predicted molar refractivity (Wildman–Crippen MR) is 66.9 cm³/mol. The lowest BCUT2D eigenvalue weighted by Crippen LogP contribution is -2.11. The maximum absolute atomic E-state index is 5.82. The Hall–Kier alpha value is -1.55. The lowest BCUT2D eigenvalue weighted by atomic mass is 10.2. The van der Waals surface area contributed by atoms with E-state index in [9.17, 15) is 0 Å². The van der Waals surface area contributed by atoms with Gasteiger partial charge in [0.15, 0.2) is 0 Å². The highest BCUT2D eigenvalue weighted by Gasteiger charge is 2.08. The molecular formula is C13H19N3O. The van der Waals surface area contributed by atoms with Gasteiger partial charge >= 0.3 is 0 Å².